The van der Waals surface area contributed by atoms with Gasteiger partial charge in [0.25, 0.3) is 0 Å². The Labute approximate surface area is 109 Å². The van der Waals surface area contributed by atoms with Crippen molar-refractivity contribution in [3.05, 3.63) is 29.8 Å². The van der Waals surface area contributed by atoms with E-state index < -0.39 is 0 Å². The summed E-state index contributed by atoms with van der Waals surface area (Å²) in [7, 11) is 0. The highest BCUT2D eigenvalue weighted by atomic mass is 16.5. The topological polar surface area (TPSA) is 38.7 Å². The first kappa shape index (κ1) is 13.4. The lowest BCUT2D eigenvalue weighted by Crippen LogP contribution is -2.36. The van der Waals surface area contributed by atoms with Gasteiger partial charge in [0.15, 0.2) is 0 Å². The zero-order valence-electron chi connectivity index (χ0n) is 11.2. The maximum absolute atomic E-state index is 9.77. The first-order valence-corrected chi connectivity index (χ1v) is 6.69. The minimum absolute atomic E-state index is 0.264. The molecule has 0 spiro atoms. The Morgan fingerprint density at radius 2 is 2.11 bits per heavy atom. The van der Waals surface area contributed by atoms with E-state index in [4.69, 9.17) is 9.47 Å². The molecule has 1 aliphatic heterocycles. The van der Waals surface area contributed by atoms with Gasteiger partial charge in [-0.1, -0.05) is 19.1 Å². The van der Waals surface area contributed by atoms with Crippen molar-refractivity contribution >= 4 is 0 Å². The fraction of sp³-hybridized carbons (Fsp3) is 0.600. The fourth-order valence-corrected chi connectivity index (χ4v) is 2.36. The predicted molar refractivity (Wildman–Crippen MR) is 70.8 cm³/mol. The van der Waals surface area contributed by atoms with E-state index in [1.165, 1.54) is 0 Å². The lowest BCUT2D eigenvalue weighted by molar-refractivity contribution is -0.112. The maximum atomic E-state index is 9.77. The van der Waals surface area contributed by atoms with E-state index in [0.717, 1.165) is 30.8 Å². The van der Waals surface area contributed by atoms with Gasteiger partial charge in [0.2, 0.25) is 0 Å². The predicted octanol–water partition coefficient (Wildman–Crippen LogP) is 2.86. The molecule has 1 N–H and O–H groups in total. The summed E-state index contributed by atoms with van der Waals surface area (Å²) >= 11 is 0. The molecular weight excluding hydrogens is 228 g/mol. The van der Waals surface area contributed by atoms with Gasteiger partial charge in [0.1, 0.15) is 5.75 Å². The number of rotatable bonds is 4. The highest BCUT2D eigenvalue weighted by Crippen LogP contribution is 2.35. The van der Waals surface area contributed by atoms with Crippen LogP contribution in [-0.4, -0.2) is 24.4 Å². The monoisotopic (exact) mass is 250 g/mol. The van der Waals surface area contributed by atoms with E-state index in [0.29, 0.717) is 13.0 Å². The zero-order valence-corrected chi connectivity index (χ0v) is 11.2. The Morgan fingerprint density at radius 1 is 1.39 bits per heavy atom. The molecule has 3 heteroatoms. The molecule has 100 valence electrons. The summed E-state index contributed by atoms with van der Waals surface area (Å²) in [4.78, 5) is 0. The van der Waals surface area contributed by atoms with Crippen LogP contribution in [0, 0.1) is 0 Å². The molecule has 0 saturated carbocycles. The van der Waals surface area contributed by atoms with E-state index in [2.05, 4.69) is 6.92 Å². The number of hydrogen-bond acceptors (Lipinski definition) is 3. The molecule has 1 aromatic carbocycles. The fourth-order valence-electron chi connectivity index (χ4n) is 2.36. The molecule has 2 atom stereocenters. The lowest BCUT2D eigenvalue weighted by atomic mass is 9.87. The lowest BCUT2D eigenvalue weighted by Gasteiger charge is -2.36. The first-order valence-electron chi connectivity index (χ1n) is 6.69. The molecule has 1 aliphatic rings. The molecule has 2 rings (SSSR count). The summed E-state index contributed by atoms with van der Waals surface area (Å²) in [6.07, 6.45) is 2.13. The molecule has 1 fully saturated rings. The summed E-state index contributed by atoms with van der Waals surface area (Å²) in [6, 6.07) is 8.01. The molecule has 2 unspecified atom stereocenters. The summed E-state index contributed by atoms with van der Waals surface area (Å²) in [5.41, 5.74) is 0.728. The smallest absolute Gasteiger partial charge is 0.119 e. The van der Waals surface area contributed by atoms with Crippen molar-refractivity contribution in [3.63, 3.8) is 0 Å². The van der Waals surface area contributed by atoms with Crippen molar-refractivity contribution in [3.8, 4) is 5.75 Å². The van der Waals surface area contributed by atoms with Gasteiger partial charge in [0, 0.05) is 6.42 Å². The van der Waals surface area contributed by atoms with Gasteiger partial charge in [-0.15, -0.1) is 0 Å². The Bertz CT molecular complexity index is 374. The number of hydrogen-bond donors (Lipinski definition) is 1. The van der Waals surface area contributed by atoms with Crippen molar-refractivity contribution in [2.75, 3.05) is 13.2 Å². The maximum Gasteiger partial charge on any atom is 0.119 e. The van der Waals surface area contributed by atoms with Gasteiger partial charge >= 0.3 is 0 Å². The SMILES string of the molecule is CCCOc1ccc(C2(C)CC(O)CCO2)cc1. The van der Waals surface area contributed by atoms with Gasteiger partial charge in [-0.25, -0.2) is 0 Å². The molecule has 3 nitrogen and oxygen atoms in total. The minimum atomic E-state index is -0.374. The van der Waals surface area contributed by atoms with Gasteiger partial charge in [-0.05, 0) is 37.5 Å². The summed E-state index contributed by atoms with van der Waals surface area (Å²) < 4.78 is 11.4. The van der Waals surface area contributed by atoms with Crippen LogP contribution in [0.1, 0.15) is 38.7 Å². The quantitative estimate of drug-likeness (QED) is 0.893. The third-order valence-electron chi connectivity index (χ3n) is 3.43. The van der Waals surface area contributed by atoms with E-state index in [9.17, 15) is 5.11 Å². The van der Waals surface area contributed by atoms with Crippen LogP contribution >= 0.6 is 0 Å². The van der Waals surface area contributed by atoms with Gasteiger partial charge in [-0.3, -0.25) is 0 Å². The average Bonchev–Trinajstić information content (AvgIpc) is 2.36. The number of benzene rings is 1. The van der Waals surface area contributed by atoms with Crippen molar-refractivity contribution in [2.45, 2.75) is 44.8 Å². The molecule has 18 heavy (non-hydrogen) atoms. The Balaban J connectivity index is 2.08. The number of ether oxygens (including phenoxy) is 2. The largest absolute Gasteiger partial charge is 0.494 e. The van der Waals surface area contributed by atoms with Crippen LogP contribution in [0.2, 0.25) is 0 Å². The standard InChI is InChI=1S/C15H22O3/c1-3-9-17-14-6-4-12(5-7-14)15(2)11-13(16)8-10-18-15/h4-7,13,16H,3,8-11H2,1-2H3. The number of aliphatic hydroxyl groups excluding tert-OH is 1. The third-order valence-corrected chi connectivity index (χ3v) is 3.43. The van der Waals surface area contributed by atoms with Crippen molar-refractivity contribution in [2.24, 2.45) is 0 Å². The molecule has 0 bridgehead atoms. The van der Waals surface area contributed by atoms with Crippen LogP contribution in [-0.2, 0) is 10.3 Å². The van der Waals surface area contributed by atoms with Crippen molar-refractivity contribution < 1.29 is 14.6 Å². The van der Waals surface area contributed by atoms with Crippen LogP contribution in [0.25, 0.3) is 0 Å². The van der Waals surface area contributed by atoms with E-state index in [1.807, 2.05) is 31.2 Å². The van der Waals surface area contributed by atoms with Crippen LogP contribution in [0.3, 0.4) is 0 Å². The van der Waals surface area contributed by atoms with Gasteiger partial charge in [-0.2, -0.15) is 0 Å². The Hall–Kier alpha value is -1.06. The van der Waals surface area contributed by atoms with Gasteiger partial charge in [0.05, 0.1) is 24.9 Å². The Kier molecular flexibility index (Phi) is 4.25. The molecule has 1 aromatic rings. The first-order chi connectivity index (χ1) is 8.64. The van der Waals surface area contributed by atoms with E-state index in [1.54, 1.807) is 0 Å². The summed E-state index contributed by atoms with van der Waals surface area (Å²) in [5.74, 6) is 0.889. The normalized spacial score (nSPS) is 28.1. The molecule has 0 amide bonds. The van der Waals surface area contributed by atoms with Crippen LogP contribution in [0.4, 0.5) is 0 Å². The minimum Gasteiger partial charge on any atom is -0.494 e. The summed E-state index contributed by atoms with van der Waals surface area (Å²) in [6.45, 7) is 5.49. The second kappa shape index (κ2) is 5.72. The molecule has 0 radical (unpaired) electrons. The van der Waals surface area contributed by atoms with E-state index >= 15 is 0 Å². The summed E-state index contributed by atoms with van der Waals surface area (Å²) in [5, 5.41) is 9.77. The Morgan fingerprint density at radius 3 is 2.72 bits per heavy atom. The van der Waals surface area contributed by atoms with Crippen LogP contribution in [0.15, 0.2) is 24.3 Å². The van der Waals surface area contributed by atoms with Gasteiger partial charge < -0.3 is 14.6 Å². The highest BCUT2D eigenvalue weighted by molar-refractivity contribution is 5.31. The number of aliphatic hydroxyl groups is 1. The highest BCUT2D eigenvalue weighted by Gasteiger charge is 2.34. The van der Waals surface area contributed by atoms with E-state index in [-0.39, 0.29) is 11.7 Å². The van der Waals surface area contributed by atoms with Crippen molar-refractivity contribution in [1.29, 1.82) is 0 Å². The average molecular weight is 250 g/mol. The third kappa shape index (κ3) is 3.03. The van der Waals surface area contributed by atoms with Crippen LogP contribution < -0.4 is 4.74 Å². The second-order valence-corrected chi connectivity index (χ2v) is 5.10. The molecule has 1 heterocycles. The molecule has 0 aliphatic carbocycles. The van der Waals surface area contributed by atoms with Crippen LogP contribution in [0.5, 0.6) is 5.75 Å². The second-order valence-electron chi connectivity index (χ2n) is 5.10. The molecule has 1 saturated heterocycles. The van der Waals surface area contributed by atoms with Crippen molar-refractivity contribution in [1.82, 2.24) is 0 Å². The molecular formula is C15H22O3. The molecule has 0 aromatic heterocycles. The zero-order chi connectivity index (χ0) is 13.0.